The van der Waals surface area contributed by atoms with E-state index in [1.807, 2.05) is 54.6 Å². The minimum Gasteiger partial charge on any atom is -0.466 e. The molecule has 1 heterocycles. The van der Waals surface area contributed by atoms with E-state index in [0.29, 0.717) is 6.42 Å². The minimum absolute atomic E-state index is 0.00954. The summed E-state index contributed by atoms with van der Waals surface area (Å²) >= 11 is 0. The molecule has 9 heteroatoms. The number of carbonyl (C=O) groups is 2. The smallest absolute Gasteiger partial charge is 0.415 e. The Hall–Kier alpha value is -3.75. The maximum Gasteiger partial charge on any atom is 0.415 e. The van der Waals surface area contributed by atoms with E-state index in [2.05, 4.69) is 25.9 Å². The van der Waals surface area contributed by atoms with Crippen LogP contribution in [0.25, 0.3) is 11.1 Å². The number of carbonyl (C=O) groups excluding carboxylic acids is 2. The summed E-state index contributed by atoms with van der Waals surface area (Å²) in [6, 6.07) is 17.2. The molecule has 0 aliphatic heterocycles. The first-order valence-corrected chi connectivity index (χ1v) is 9.16. The first-order valence-electron chi connectivity index (χ1n) is 9.16. The minimum atomic E-state index is -0.776. The molecule has 0 saturated heterocycles. The lowest BCUT2D eigenvalue weighted by Gasteiger charge is -2.17. The summed E-state index contributed by atoms with van der Waals surface area (Å²) in [6.45, 7) is 2.00. The molecule has 0 radical (unpaired) electrons. The summed E-state index contributed by atoms with van der Waals surface area (Å²) in [4.78, 5) is 24.0. The van der Waals surface area contributed by atoms with E-state index in [4.69, 9.17) is 9.47 Å². The highest BCUT2D eigenvalue weighted by atomic mass is 16.6. The lowest BCUT2D eigenvalue weighted by Crippen LogP contribution is -2.40. The van der Waals surface area contributed by atoms with Gasteiger partial charge in [0.25, 0.3) is 0 Å². The van der Waals surface area contributed by atoms with Gasteiger partial charge in [-0.25, -0.2) is 4.79 Å². The number of esters is 1. The number of aromatic amines is 1. The molecule has 0 spiro atoms. The Balaban J connectivity index is 1.66. The van der Waals surface area contributed by atoms with Gasteiger partial charge >= 0.3 is 18.1 Å². The molecule has 2 N–H and O–H groups in total. The van der Waals surface area contributed by atoms with Crippen molar-refractivity contribution in [3.05, 3.63) is 60.2 Å². The number of rotatable bonds is 8. The highest BCUT2D eigenvalue weighted by Crippen LogP contribution is 2.20. The monoisotopic (exact) mass is 395 g/mol. The normalized spacial score (nSPS) is 11.5. The number of hydrogen-bond acceptors (Lipinski definition) is 7. The summed E-state index contributed by atoms with van der Waals surface area (Å²) in [7, 11) is 0. The second-order valence-corrected chi connectivity index (χ2v) is 6.20. The fourth-order valence-electron chi connectivity index (χ4n) is 2.82. The molecule has 1 amide bonds. The molecule has 9 nitrogen and oxygen atoms in total. The van der Waals surface area contributed by atoms with Crippen molar-refractivity contribution in [2.45, 2.75) is 25.8 Å². The van der Waals surface area contributed by atoms with Crippen molar-refractivity contribution in [3.63, 3.8) is 0 Å². The molecule has 150 valence electrons. The average Bonchev–Trinajstić information content (AvgIpc) is 3.22. The number of amides is 1. The van der Waals surface area contributed by atoms with Gasteiger partial charge in [-0.15, -0.1) is 0 Å². The van der Waals surface area contributed by atoms with E-state index in [0.717, 1.165) is 16.7 Å². The third-order valence-corrected chi connectivity index (χ3v) is 4.09. The molecule has 3 rings (SSSR count). The van der Waals surface area contributed by atoms with Crippen LogP contribution in [0.4, 0.5) is 4.79 Å². The van der Waals surface area contributed by atoms with Crippen LogP contribution in [0.5, 0.6) is 6.01 Å². The van der Waals surface area contributed by atoms with Gasteiger partial charge in [0.2, 0.25) is 0 Å². The molecule has 3 aromatic rings. The van der Waals surface area contributed by atoms with Gasteiger partial charge in [0.15, 0.2) is 0 Å². The molecule has 0 aliphatic rings. The van der Waals surface area contributed by atoms with E-state index in [9.17, 15) is 9.59 Å². The van der Waals surface area contributed by atoms with Crippen LogP contribution < -0.4 is 10.1 Å². The number of nitrogens with one attached hydrogen (secondary N) is 2. The number of aromatic nitrogens is 4. The highest BCUT2D eigenvalue weighted by molar-refractivity contribution is 5.73. The Labute approximate surface area is 167 Å². The Bertz CT molecular complexity index is 914. The average molecular weight is 395 g/mol. The van der Waals surface area contributed by atoms with E-state index in [-0.39, 0.29) is 19.0 Å². The molecule has 0 unspecified atom stereocenters. The fraction of sp³-hybridized carbons (Fsp3) is 0.250. The number of ether oxygens (including phenoxy) is 2. The Morgan fingerprint density at radius 3 is 2.45 bits per heavy atom. The number of benzene rings is 2. The zero-order valence-corrected chi connectivity index (χ0v) is 15.9. The van der Waals surface area contributed by atoms with Crippen molar-refractivity contribution in [1.82, 2.24) is 25.9 Å². The van der Waals surface area contributed by atoms with Gasteiger partial charge < -0.3 is 14.8 Å². The van der Waals surface area contributed by atoms with E-state index in [1.165, 1.54) is 0 Å². The van der Waals surface area contributed by atoms with Gasteiger partial charge in [-0.1, -0.05) is 64.8 Å². The maximum absolute atomic E-state index is 12.1. The molecule has 1 atom stereocenters. The van der Waals surface area contributed by atoms with Gasteiger partial charge in [0.1, 0.15) is 0 Å². The van der Waals surface area contributed by atoms with Crippen LogP contribution in [-0.2, 0) is 16.0 Å². The predicted molar refractivity (Wildman–Crippen MR) is 104 cm³/mol. The van der Waals surface area contributed by atoms with Gasteiger partial charge in [-0.05, 0) is 35.2 Å². The quantitative estimate of drug-likeness (QED) is 0.563. The largest absolute Gasteiger partial charge is 0.466 e. The fourth-order valence-corrected chi connectivity index (χ4v) is 2.82. The molecule has 0 fully saturated rings. The molecule has 29 heavy (non-hydrogen) atoms. The molecular formula is C20H21N5O4. The van der Waals surface area contributed by atoms with Gasteiger partial charge in [-0.2, -0.15) is 5.21 Å². The number of nitrogens with zero attached hydrogens (tertiary/aromatic N) is 3. The van der Waals surface area contributed by atoms with Crippen LogP contribution in [0, 0.1) is 0 Å². The van der Waals surface area contributed by atoms with Crippen molar-refractivity contribution >= 4 is 12.1 Å². The third kappa shape index (κ3) is 6.13. The lowest BCUT2D eigenvalue weighted by molar-refractivity contribution is -0.143. The topological polar surface area (TPSA) is 119 Å². The summed E-state index contributed by atoms with van der Waals surface area (Å²) < 4.78 is 9.93. The van der Waals surface area contributed by atoms with Crippen LogP contribution in [0.15, 0.2) is 54.6 Å². The molecular weight excluding hydrogens is 374 g/mol. The molecule has 0 saturated carbocycles. The van der Waals surface area contributed by atoms with Gasteiger partial charge in [-0.3, -0.25) is 4.79 Å². The molecule has 0 bridgehead atoms. The van der Waals surface area contributed by atoms with Crippen LogP contribution in [0.1, 0.15) is 18.9 Å². The molecule has 1 aromatic heterocycles. The van der Waals surface area contributed by atoms with Crippen LogP contribution >= 0.6 is 0 Å². The van der Waals surface area contributed by atoms with Gasteiger partial charge in [0.05, 0.1) is 13.0 Å². The Morgan fingerprint density at radius 1 is 1.07 bits per heavy atom. The number of hydrogen-bond donors (Lipinski definition) is 2. The third-order valence-electron chi connectivity index (χ3n) is 4.09. The van der Waals surface area contributed by atoms with E-state index in [1.54, 1.807) is 6.92 Å². The SMILES string of the molecule is CCOC(=O)C[C@@H](Cc1ccc(-c2ccccc2)cc1)NC(=O)Oc1nn[nH]n1. The zero-order valence-electron chi connectivity index (χ0n) is 15.9. The summed E-state index contributed by atoms with van der Waals surface area (Å²) in [6.07, 6.45) is -0.341. The molecule has 0 aliphatic carbocycles. The maximum atomic E-state index is 12.1. The summed E-state index contributed by atoms with van der Waals surface area (Å²) in [5.74, 6) is -0.404. The number of H-pyrrole nitrogens is 1. The second kappa shape index (κ2) is 9.98. The highest BCUT2D eigenvalue weighted by Gasteiger charge is 2.20. The van der Waals surface area contributed by atoms with Crippen molar-refractivity contribution in [2.75, 3.05) is 6.61 Å². The van der Waals surface area contributed by atoms with E-state index >= 15 is 0 Å². The van der Waals surface area contributed by atoms with Crippen molar-refractivity contribution < 1.29 is 19.1 Å². The summed E-state index contributed by atoms with van der Waals surface area (Å²) in [5.41, 5.74) is 3.16. The standard InChI is InChI=1S/C20H21N5O4/c1-2-28-18(26)13-17(21-20(27)29-19-22-24-25-23-19)12-14-8-10-16(11-9-14)15-6-4-3-5-7-15/h3-11,17H,2,12-13H2,1H3,(H,21,27)(H,22,23,24,25)/t17-/m1/s1. The zero-order chi connectivity index (χ0) is 20.5. The Kier molecular flexibility index (Phi) is 6.88. The lowest BCUT2D eigenvalue weighted by atomic mass is 9.99. The van der Waals surface area contributed by atoms with Crippen molar-refractivity contribution in [3.8, 4) is 17.1 Å². The predicted octanol–water partition coefficient (Wildman–Crippen LogP) is 2.52. The van der Waals surface area contributed by atoms with Crippen molar-refractivity contribution in [1.29, 1.82) is 0 Å². The van der Waals surface area contributed by atoms with Crippen molar-refractivity contribution in [2.24, 2.45) is 0 Å². The van der Waals surface area contributed by atoms with Gasteiger partial charge in [0, 0.05) is 6.04 Å². The van der Waals surface area contributed by atoms with Crippen LogP contribution in [-0.4, -0.2) is 45.3 Å². The number of tetrazole rings is 1. The van der Waals surface area contributed by atoms with Crippen LogP contribution in [0.2, 0.25) is 0 Å². The molecule has 2 aromatic carbocycles. The first kappa shape index (κ1) is 20.0. The second-order valence-electron chi connectivity index (χ2n) is 6.20. The van der Waals surface area contributed by atoms with E-state index < -0.39 is 18.1 Å². The first-order chi connectivity index (χ1) is 14.1. The Morgan fingerprint density at radius 2 is 1.79 bits per heavy atom. The summed E-state index contributed by atoms with van der Waals surface area (Å²) in [5, 5.41) is 15.3. The van der Waals surface area contributed by atoms with Crippen LogP contribution in [0.3, 0.4) is 0 Å².